The van der Waals surface area contributed by atoms with E-state index in [1.807, 2.05) is 84.9 Å². The molecule has 0 unspecified atom stereocenters. The molecule has 4 aromatic carbocycles. The highest BCUT2D eigenvalue weighted by Crippen LogP contribution is 2.39. The number of carbonyl (C=O) groups excluding carboxylic acids is 2. The monoisotopic (exact) mass is 456 g/mol. The van der Waals surface area contributed by atoms with Gasteiger partial charge in [-0.3, -0.25) is 9.59 Å². The molecule has 0 aromatic heterocycles. The molecule has 0 atom stereocenters. The molecule has 2 amide bonds. The molecule has 158 valence electrons. The average Bonchev–Trinajstić information content (AvgIpc) is 2.83. The maximum atomic E-state index is 11.7. The summed E-state index contributed by atoms with van der Waals surface area (Å²) in [5.41, 5.74) is 15.6. The Morgan fingerprint density at radius 3 is 1.19 bits per heavy atom. The van der Waals surface area contributed by atoms with Crippen LogP contribution in [-0.2, 0) is 0 Å². The fraction of sp³-hybridized carbons (Fsp3) is 0. The molecule has 0 heterocycles. The summed E-state index contributed by atoms with van der Waals surface area (Å²) in [5.74, 6) is -0.868. The van der Waals surface area contributed by atoms with Crippen molar-refractivity contribution in [3.8, 4) is 22.3 Å². The topological polar surface area (TPSA) is 86.2 Å². The van der Waals surface area contributed by atoms with Gasteiger partial charge in [0.15, 0.2) is 0 Å². The third-order valence-electron chi connectivity index (χ3n) is 4.95. The largest absolute Gasteiger partial charge is 0.366 e. The smallest absolute Gasteiger partial charge is 0.249 e. The first-order valence-corrected chi connectivity index (χ1v) is 12.0. The molecule has 0 bridgehead atoms. The van der Waals surface area contributed by atoms with E-state index in [0.717, 1.165) is 32.0 Å². The van der Waals surface area contributed by atoms with Crippen LogP contribution in [-0.4, -0.2) is 11.8 Å². The van der Waals surface area contributed by atoms with Crippen LogP contribution in [0, 0.1) is 0 Å². The van der Waals surface area contributed by atoms with Gasteiger partial charge in [-0.05, 0) is 58.7 Å². The Morgan fingerprint density at radius 1 is 0.500 bits per heavy atom. The minimum Gasteiger partial charge on any atom is -0.366 e. The first kappa shape index (κ1) is 21.7. The van der Waals surface area contributed by atoms with Gasteiger partial charge in [0, 0.05) is 20.9 Å². The van der Waals surface area contributed by atoms with Crippen LogP contribution in [0.3, 0.4) is 0 Å². The van der Waals surface area contributed by atoms with Crippen molar-refractivity contribution in [2.45, 2.75) is 9.79 Å². The maximum Gasteiger partial charge on any atom is 0.249 e. The van der Waals surface area contributed by atoms with Crippen LogP contribution < -0.4 is 11.5 Å². The summed E-state index contributed by atoms with van der Waals surface area (Å²) in [6.45, 7) is 0. The number of benzene rings is 4. The predicted octanol–water partition coefficient (Wildman–Crippen LogP) is 6.02. The Balaban J connectivity index is 1.45. The van der Waals surface area contributed by atoms with Crippen molar-refractivity contribution in [2.75, 3.05) is 0 Å². The minimum atomic E-state index is -0.434. The molecule has 0 fully saturated rings. The van der Waals surface area contributed by atoms with Gasteiger partial charge < -0.3 is 11.5 Å². The van der Waals surface area contributed by atoms with E-state index in [1.165, 1.54) is 0 Å². The molecule has 4 nitrogen and oxygen atoms in total. The van der Waals surface area contributed by atoms with E-state index < -0.39 is 11.8 Å². The molecule has 4 rings (SSSR count). The highest BCUT2D eigenvalue weighted by molar-refractivity contribution is 8.76. The van der Waals surface area contributed by atoms with Gasteiger partial charge in [-0.2, -0.15) is 0 Å². The zero-order valence-electron chi connectivity index (χ0n) is 17.0. The van der Waals surface area contributed by atoms with Gasteiger partial charge >= 0.3 is 0 Å². The summed E-state index contributed by atoms with van der Waals surface area (Å²) >= 11 is 0. The summed E-state index contributed by atoms with van der Waals surface area (Å²) in [7, 11) is 3.30. The van der Waals surface area contributed by atoms with Gasteiger partial charge in [0.05, 0.1) is 0 Å². The van der Waals surface area contributed by atoms with Crippen molar-refractivity contribution in [1.82, 2.24) is 0 Å². The number of hydrogen-bond donors (Lipinski definition) is 2. The Hall–Kier alpha value is -3.48. The lowest BCUT2D eigenvalue weighted by Gasteiger charge is -2.09. The molecule has 0 aliphatic carbocycles. The van der Waals surface area contributed by atoms with Crippen LogP contribution in [0.5, 0.6) is 0 Å². The van der Waals surface area contributed by atoms with Crippen LogP contribution >= 0.6 is 21.6 Å². The van der Waals surface area contributed by atoms with Crippen LogP contribution in [0.2, 0.25) is 0 Å². The Kier molecular flexibility index (Phi) is 6.63. The zero-order chi connectivity index (χ0) is 22.5. The minimum absolute atomic E-state index is 0.434. The van der Waals surface area contributed by atoms with Crippen molar-refractivity contribution in [3.63, 3.8) is 0 Å². The number of hydrogen-bond acceptors (Lipinski definition) is 4. The fourth-order valence-electron chi connectivity index (χ4n) is 3.38. The number of carbonyl (C=O) groups is 2. The van der Waals surface area contributed by atoms with Crippen molar-refractivity contribution < 1.29 is 9.59 Å². The Bertz CT molecular complexity index is 1170. The average molecular weight is 457 g/mol. The second kappa shape index (κ2) is 9.77. The van der Waals surface area contributed by atoms with Gasteiger partial charge in [0.25, 0.3) is 0 Å². The summed E-state index contributed by atoms with van der Waals surface area (Å²) in [5, 5.41) is 0. The van der Waals surface area contributed by atoms with Crippen LogP contribution in [0.4, 0.5) is 0 Å². The lowest BCUT2D eigenvalue weighted by molar-refractivity contribution is 0.0992. The van der Waals surface area contributed by atoms with Crippen molar-refractivity contribution >= 4 is 33.4 Å². The molecular formula is C26H20N2O2S2. The van der Waals surface area contributed by atoms with E-state index in [4.69, 9.17) is 11.5 Å². The lowest BCUT2D eigenvalue weighted by Crippen LogP contribution is -2.12. The molecule has 6 heteroatoms. The summed E-state index contributed by atoms with van der Waals surface area (Å²) in [6.07, 6.45) is 0. The zero-order valence-corrected chi connectivity index (χ0v) is 18.7. The molecule has 0 aliphatic heterocycles. The van der Waals surface area contributed by atoms with Gasteiger partial charge in [-0.15, -0.1) is 0 Å². The van der Waals surface area contributed by atoms with Gasteiger partial charge in [-0.25, -0.2) is 0 Å². The number of nitrogens with two attached hydrogens (primary N) is 2. The molecule has 0 spiro atoms. The number of primary amides is 2. The van der Waals surface area contributed by atoms with Crippen LogP contribution in [0.15, 0.2) is 107 Å². The quantitative estimate of drug-likeness (QED) is 0.333. The highest BCUT2D eigenvalue weighted by Gasteiger charge is 2.10. The van der Waals surface area contributed by atoms with Crippen molar-refractivity contribution in [3.05, 3.63) is 108 Å². The Morgan fingerprint density at radius 2 is 0.844 bits per heavy atom. The van der Waals surface area contributed by atoms with Crippen molar-refractivity contribution in [1.29, 1.82) is 0 Å². The highest BCUT2D eigenvalue weighted by atomic mass is 33.1. The van der Waals surface area contributed by atoms with Gasteiger partial charge in [0.1, 0.15) is 0 Å². The molecular weight excluding hydrogens is 436 g/mol. The molecule has 4 N–H and O–H groups in total. The molecule has 0 saturated carbocycles. The molecule has 0 aliphatic rings. The van der Waals surface area contributed by atoms with E-state index in [9.17, 15) is 9.59 Å². The van der Waals surface area contributed by atoms with Crippen LogP contribution in [0.1, 0.15) is 20.7 Å². The van der Waals surface area contributed by atoms with E-state index in [-0.39, 0.29) is 0 Å². The third-order valence-corrected chi connectivity index (χ3v) is 7.37. The second-order valence-electron chi connectivity index (χ2n) is 7.04. The third kappa shape index (κ3) is 4.88. The van der Waals surface area contributed by atoms with Crippen LogP contribution in [0.25, 0.3) is 22.3 Å². The standard InChI is InChI=1S/C26H20N2O2S2/c27-25(29)23-7-3-1-5-21(23)17-9-13-19(14-10-17)31-32-20-15-11-18(12-16-20)22-6-2-4-8-24(22)26(28)30/h1-16H,(H2,27,29)(H2,28,30). The van der Waals surface area contributed by atoms with E-state index in [2.05, 4.69) is 0 Å². The van der Waals surface area contributed by atoms with Gasteiger partial charge in [-0.1, -0.05) is 82.3 Å². The fourth-order valence-corrected chi connectivity index (χ4v) is 5.31. The van der Waals surface area contributed by atoms with E-state index in [0.29, 0.717) is 11.1 Å². The molecule has 0 radical (unpaired) electrons. The Labute approximate surface area is 194 Å². The number of amides is 2. The number of rotatable bonds is 7. The second-order valence-corrected chi connectivity index (χ2v) is 9.31. The summed E-state index contributed by atoms with van der Waals surface area (Å²) in [4.78, 5) is 25.6. The van der Waals surface area contributed by atoms with Crippen molar-refractivity contribution in [2.24, 2.45) is 11.5 Å². The van der Waals surface area contributed by atoms with E-state index >= 15 is 0 Å². The molecule has 0 saturated heterocycles. The predicted molar refractivity (Wildman–Crippen MR) is 133 cm³/mol. The first-order chi connectivity index (χ1) is 15.5. The molecule has 4 aromatic rings. The SMILES string of the molecule is NC(=O)c1ccccc1-c1ccc(SSc2ccc(-c3ccccc3C(N)=O)cc2)cc1. The normalized spacial score (nSPS) is 10.6. The first-order valence-electron chi connectivity index (χ1n) is 9.86. The summed E-state index contributed by atoms with van der Waals surface area (Å²) in [6, 6.07) is 30.8. The molecule has 32 heavy (non-hydrogen) atoms. The maximum absolute atomic E-state index is 11.7. The lowest BCUT2D eigenvalue weighted by atomic mass is 9.99. The van der Waals surface area contributed by atoms with E-state index in [1.54, 1.807) is 33.7 Å². The van der Waals surface area contributed by atoms with Gasteiger partial charge in [0.2, 0.25) is 11.8 Å². The summed E-state index contributed by atoms with van der Waals surface area (Å²) < 4.78 is 0.